The Labute approximate surface area is 250 Å². The predicted octanol–water partition coefficient (Wildman–Crippen LogP) is 3.90. The van der Waals surface area contributed by atoms with Crippen LogP contribution in [0.3, 0.4) is 0 Å². The lowest BCUT2D eigenvalue weighted by Crippen LogP contribution is -2.57. The summed E-state index contributed by atoms with van der Waals surface area (Å²) < 4.78 is 0. The quantitative estimate of drug-likeness (QED) is 0.263. The Morgan fingerprint density at radius 1 is 0.738 bits per heavy atom. The van der Waals surface area contributed by atoms with Crippen molar-refractivity contribution >= 4 is 28.5 Å². The van der Waals surface area contributed by atoms with Gasteiger partial charge in [-0.1, -0.05) is 78.9 Å². The van der Waals surface area contributed by atoms with Crippen molar-refractivity contribution in [3.8, 4) is 0 Å². The first kappa shape index (κ1) is 32.5. The molecule has 0 heterocycles. The minimum Gasteiger partial charge on any atom is -0.332 e. The summed E-state index contributed by atoms with van der Waals surface area (Å²) in [5, 5.41) is 5.34. The van der Waals surface area contributed by atoms with E-state index in [4.69, 9.17) is 5.73 Å². The topological polar surface area (TPSA) is 90.2 Å². The Hall–Kier alpha value is -4.01. The number of fused-ring (bicyclic) bond motifs is 1. The normalized spacial score (nSPS) is 13.3. The Morgan fingerprint density at radius 3 is 1.93 bits per heavy atom. The van der Waals surface area contributed by atoms with Crippen LogP contribution in [0.15, 0.2) is 84.9 Å². The van der Waals surface area contributed by atoms with E-state index in [-0.39, 0.29) is 17.7 Å². The van der Waals surface area contributed by atoms with Crippen LogP contribution in [-0.4, -0.2) is 90.4 Å². The molecule has 3 aromatic carbocycles. The van der Waals surface area contributed by atoms with Crippen LogP contribution < -0.4 is 5.73 Å². The van der Waals surface area contributed by atoms with E-state index in [0.29, 0.717) is 19.3 Å². The molecule has 42 heavy (non-hydrogen) atoms. The molecule has 3 rings (SSSR count). The van der Waals surface area contributed by atoms with Gasteiger partial charge >= 0.3 is 0 Å². The molecule has 1 unspecified atom stereocenters. The molecule has 0 bridgehead atoms. The molecule has 0 radical (unpaired) electrons. The van der Waals surface area contributed by atoms with Crippen molar-refractivity contribution in [3.63, 3.8) is 0 Å². The summed E-state index contributed by atoms with van der Waals surface area (Å²) in [7, 11) is 8.53. The average Bonchev–Trinajstić information content (AvgIpc) is 2.96. The van der Waals surface area contributed by atoms with Crippen molar-refractivity contribution in [1.82, 2.24) is 19.8 Å². The molecule has 0 aromatic heterocycles. The standard InChI is InChI=1S/C34H45N5O3/c1-34(2,35)21-13-18-31(40)37(5)29(24-26-19-20-27-16-11-12-17-28(27)22-26)32(41)38(6)30(33(42)39(7)36(3)4)23-25-14-9-8-10-15-25/h8-20,22,29-30H,21,23-24,35H2,1-7H3/b18-13+/t29-,30?/m1/s1. The first-order chi connectivity index (χ1) is 19.8. The molecule has 224 valence electrons. The summed E-state index contributed by atoms with van der Waals surface area (Å²) in [6, 6.07) is 22.1. The number of hydrogen-bond donors (Lipinski definition) is 1. The van der Waals surface area contributed by atoms with E-state index in [9.17, 15) is 14.4 Å². The van der Waals surface area contributed by atoms with Crippen LogP contribution in [0.5, 0.6) is 0 Å². The van der Waals surface area contributed by atoms with Gasteiger partial charge in [0.1, 0.15) is 12.1 Å². The molecule has 0 aliphatic rings. The van der Waals surface area contributed by atoms with Gasteiger partial charge in [-0.25, -0.2) is 5.01 Å². The SMILES string of the molecule is CN(C(=O)[C@@H](Cc1ccc2ccccc2c1)N(C)C(=O)/C=C/CC(C)(C)N)C(Cc1ccccc1)C(=O)N(C)N(C)C. The van der Waals surface area contributed by atoms with Gasteiger partial charge in [0.05, 0.1) is 0 Å². The summed E-state index contributed by atoms with van der Waals surface area (Å²) in [4.78, 5) is 44.3. The number of nitrogens with zero attached hydrogens (tertiary/aromatic N) is 4. The Morgan fingerprint density at radius 2 is 1.31 bits per heavy atom. The van der Waals surface area contributed by atoms with Gasteiger partial charge in [-0.05, 0) is 48.2 Å². The minimum absolute atomic E-state index is 0.219. The summed E-state index contributed by atoms with van der Waals surface area (Å²) in [6.45, 7) is 3.78. The molecule has 0 spiro atoms. The maximum atomic E-state index is 14.3. The van der Waals surface area contributed by atoms with Crippen molar-refractivity contribution in [2.24, 2.45) is 5.73 Å². The van der Waals surface area contributed by atoms with Gasteiger partial charge in [0.15, 0.2) is 0 Å². The number of nitrogens with two attached hydrogens (primary N) is 1. The van der Waals surface area contributed by atoms with Crippen LogP contribution in [0.4, 0.5) is 0 Å². The van der Waals surface area contributed by atoms with Crippen molar-refractivity contribution in [3.05, 3.63) is 96.1 Å². The summed E-state index contributed by atoms with van der Waals surface area (Å²) >= 11 is 0. The molecule has 8 nitrogen and oxygen atoms in total. The second kappa shape index (κ2) is 14.2. The number of benzene rings is 3. The lowest BCUT2D eigenvalue weighted by Gasteiger charge is -2.37. The molecular formula is C34H45N5O3. The third-order valence-electron chi connectivity index (χ3n) is 7.54. The highest BCUT2D eigenvalue weighted by Gasteiger charge is 2.36. The highest BCUT2D eigenvalue weighted by Crippen LogP contribution is 2.20. The Kier molecular flexibility index (Phi) is 11.0. The molecule has 0 saturated carbocycles. The fourth-order valence-corrected chi connectivity index (χ4v) is 4.74. The predicted molar refractivity (Wildman–Crippen MR) is 169 cm³/mol. The van der Waals surface area contributed by atoms with Gasteiger partial charge in [0, 0.05) is 53.6 Å². The number of carbonyl (C=O) groups excluding carboxylic acids is 3. The molecule has 3 amide bonds. The van der Waals surface area contributed by atoms with Crippen LogP contribution in [0, 0.1) is 0 Å². The summed E-state index contributed by atoms with van der Waals surface area (Å²) in [5.41, 5.74) is 7.48. The molecular weight excluding hydrogens is 526 g/mol. The number of rotatable bonds is 12. The number of likely N-dealkylation sites (N-methyl/N-ethyl adjacent to an activating group) is 3. The number of hydrazine groups is 1. The molecule has 2 N–H and O–H groups in total. The minimum atomic E-state index is -0.838. The van der Waals surface area contributed by atoms with Gasteiger partial charge < -0.3 is 15.5 Å². The van der Waals surface area contributed by atoms with Crippen molar-refractivity contribution in [2.75, 3.05) is 35.2 Å². The lowest BCUT2D eigenvalue weighted by atomic mass is 9.98. The van der Waals surface area contributed by atoms with E-state index in [1.165, 1.54) is 20.9 Å². The van der Waals surface area contributed by atoms with E-state index < -0.39 is 17.6 Å². The molecule has 3 aromatic rings. The van der Waals surface area contributed by atoms with E-state index in [2.05, 4.69) is 0 Å². The molecule has 2 atom stereocenters. The second-order valence-corrected chi connectivity index (χ2v) is 11.8. The van der Waals surface area contributed by atoms with Crippen LogP contribution >= 0.6 is 0 Å². The number of hydrogen-bond acceptors (Lipinski definition) is 5. The highest BCUT2D eigenvalue weighted by atomic mass is 16.2. The molecule has 0 aliphatic heterocycles. The maximum absolute atomic E-state index is 14.3. The molecule has 0 saturated heterocycles. The zero-order valence-electron chi connectivity index (χ0n) is 25.9. The smallest absolute Gasteiger partial charge is 0.259 e. The van der Waals surface area contributed by atoms with Gasteiger partial charge in [-0.3, -0.25) is 19.4 Å². The first-order valence-electron chi connectivity index (χ1n) is 14.2. The zero-order chi connectivity index (χ0) is 31.0. The fourth-order valence-electron chi connectivity index (χ4n) is 4.74. The van der Waals surface area contributed by atoms with E-state index >= 15 is 0 Å². The lowest BCUT2D eigenvalue weighted by molar-refractivity contribution is -0.154. The van der Waals surface area contributed by atoms with E-state index in [0.717, 1.165) is 21.9 Å². The molecule has 8 heteroatoms. The van der Waals surface area contributed by atoms with E-state index in [1.807, 2.05) is 86.6 Å². The largest absolute Gasteiger partial charge is 0.332 e. The van der Waals surface area contributed by atoms with Gasteiger partial charge in [-0.2, -0.15) is 0 Å². The maximum Gasteiger partial charge on any atom is 0.259 e. The van der Waals surface area contributed by atoms with Gasteiger partial charge in [0.25, 0.3) is 5.91 Å². The Bertz CT molecular complexity index is 1400. The van der Waals surface area contributed by atoms with Crippen LogP contribution in [0.25, 0.3) is 10.8 Å². The highest BCUT2D eigenvalue weighted by molar-refractivity contribution is 5.95. The molecule has 0 aliphatic carbocycles. The van der Waals surface area contributed by atoms with Crippen molar-refractivity contribution in [2.45, 2.75) is 50.7 Å². The van der Waals surface area contributed by atoms with Gasteiger partial charge in [0.2, 0.25) is 11.8 Å². The Balaban J connectivity index is 1.98. The second-order valence-electron chi connectivity index (χ2n) is 11.8. The first-order valence-corrected chi connectivity index (χ1v) is 14.2. The number of amides is 3. The summed E-state index contributed by atoms with van der Waals surface area (Å²) in [5.74, 6) is -0.834. The van der Waals surface area contributed by atoms with Crippen LogP contribution in [0.1, 0.15) is 31.4 Å². The zero-order valence-corrected chi connectivity index (χ0v) is 25.9. The van der Waals surface area contributed by atoms with Crippen molar-refractivity contribution in [1.29, 1.82) is 0 Å². The van der Waals surface area contributed by atoms with Gasteiger partial charge in [-0.15, -0.1) is 0 Å². The monoisotopic (exact) mass is 571 g/mol. The average molecular weight is 572 g/mol. The van der Waals surface area contributed by atoms with Crippen LogP contribution in [0.2, 0.25) is 0 Å². The van der Waals surface area contributed by atoms with Crippen molar-refractivity contribution < 1.29 is 14.4 Å². The summed E-state index contributed by atoms with van der Waals surface area (Å²) in [6.07, 6.45) is 4.37. The van der Waals surface area contributed by atoms with E-state index in [1.54, 1.807) is 46.3 Å². The number of carbonyl (C=O) groups is 3. The third kappa shape index (κ3) is 8.74. The third-order valence-corrected chi connectivity index (χ3v) is 7.54. The van der Waals surface area contributed by atoms with Crippen LogP contribution in [-0.2, 0) is 27.2 Å². The fraction of sp³-hybridized carbons (Fsp3) is 0.382. The molecule has 0 fully saturated rings.